The van der Waals surface area contributed by atoms with Crippen LogP contribution in [0.5, 0.6) is 5.75 Å². The second kappa shape index (κ2) is 12.0. The van der Waals surface area contributed by atoms with E-state index in [0.29, 0.717) is 28.9 Å². The van der Waals surface area contributed by atoms with Gasteiger partial charge in [0.2, 0.25) is 11.9 Å². The van der Waals surface area contributed by atoms with Gasteiger partial charge < -0.3 is 29.9 Å². The third-order valence-corrected chi connectivity index (χ3v) is 7.78. The van der Waals surface area contributed by atoms with Crippen LogP contribution in [0.15, 0.2) is 36.5 Å². The topological polar surface area (TPSA) is 122 Å². The molecule has 11 nitrogen and oxygen atoms in total. The number of morpholine rings is 1. The number of anilines is 3. The first kappa shape index (κ1) is 26.8. The van der Waals surface area contributed by atoms with Gasteiger partial charge in [-0.15, -0.1) is 0 Å². The predicted octanol–water partition coefficient (Wildman–Crippen LogP) is 3.19. The van der Waals surface area contributed by atoms with Crippen molar-refractivity contribution in [1.29, 1.82) is 0 Å². The molecule has 2 aliphatic rings. The minimum Gasteiger partial charge on any atom is -0.489 e. The van der Waals surface area contributed by atoms with E-state index >= 15 is 0 Å². The molecule has 1 unspecified atom stereocenters. The summed E-state index contributed by atoms with van der Waals surface area (Å²) in [5, 5.41) is 6.06. The zero-order valence-electron chi connectivity index (χ0n) is 22.3. The highest BCUT2D eigenvalue weighted by Crippen LogP contribution is 2.26. The third-order valence-electron chi connectivity index (χ3n) is 6.71. The van der Waals surface area contributed by atoms with Crippen LogP contribution in [0.25, 0.3) is 0 Å². The SMILES string of the molecule is CC(=O)Nc1nc(C)c(C(=O)N[C@@H](C)c2ccc(OC3CCN(c4ccnc(N5CCOCC5)n4)C3)cc2)s1. The Kier molecular flexibility index (Phi) is 8.22. The molecule has 3 aromatic rings. The number of rotatable bonds is 8. The number of amides is 2. The van der Waals surface area contributed by atoms with E-state index in [2.05, 4.69) is 30.4 Å². The molecule has 4 heterocycles. The van der Waals surface area contributed by atoms with Gasteiger partial charge in [0.05, 0.1) is 31.5 Å². The number of hydrogen-bond donors (Lipinski definition) is 2. The van der Waals surface area contributed by atoms with Gasteiger partial charge in [-0.05, 0) is 37.6 Å². The molecule has 2 saturated heterocycles. The van der Waals surface area contributed by atoms with Crippen molar-refractivity contribution in [2.45, 2.75) is 39.3 Å². The molecule has 0 spiro atoms. The summed E-state index contributed by atoms with van der Waals surface area (Å²) in [6, 6.07) is 9.55. The van der Waals surface area contributed by atoms with Crippen LogP contribution in [0.1, 0.15) is 47.2 Å². The number of thiazole rings is 1. The molecule has 2 aliphatic heterocycles. The number of aromatic nitrogens is 3. The first-order valence-corrected chi connectivity index (χ1v) is 13.9. The number of aryl methyl sites for hydroxylation is 1. The number of carbonyl (C=O) groups is 2. The largest absolute Gasteiger partial charge is 0.489 e. The molecule has 0 radical (unpaired) electrons. The molecule has 5 rings (SSSR count). The van der Waals surface area contributed by atoms with E-state index in [1.807, 2.05) is 43.5 Å². The van der Waals surface area contributed by atoms with Gasteiger partial charge >= 0.3 is 0 Å². The lowest BCUT2D eigenvalue weighted by Crippen LogP contribution is -2.37. The summed E-state index contributed by atoms with van der Waals surface area (Å²) < 4.78 is 11.7. The fourth-order valence-corrected chi connectivity index (χ4v) is 5.56. The molecule has 12 heteroatoms. The summed E-state index contributed by atoms with van der Waals surface area (Å²) in [6.07, 6.45) is 2.78. The second-order valence-electron chi connectivity index (χ2n) is 9.67. The number of nitrogens with zero attached hydrogens (tertiary/aromatic N) is 5. The van der Waals surface area contributed by atoms with Gasteiger partial charge in [0, 0.05) is 39.2 Å². The van der Waals surface area contributed by atoms with Crippen molar-refractivity contribution in [1.82, 2.24) is 20.3 Å². The van der Waals surface area contributed by atoms with E-state index < -0.39 is 0 Å². The summed E-state index contributed by atoms with van der Waals surface area (Å²) >= 11 is 1.17. The molecule has 2 aromatic heterocycles. The summed E-state index contributed by atoms with van der Waals surface area (Å²) in [7, 11) is 0. The first-order chi connectivity index (χ1) is 18.9. The summed E-state index contributed by atoms with van der Waals surface area (Å²) in [6.45, 7) is 9.72. The first-order valence-electron chi connectivity index (χ1n) is 13.1. The molecule has 2 fully saturated rings. The molecule has 2 atom stereocenters. The smallest absolute Gasteiger partial charge is 0.263 e. The van der Waals surface area contributed by atoms with Crippen molar-refractivity contribution in [3.63, 3.8) is 0 Å². The van der Waals surface area contributed by atoms with Gasteiger partial charge in [-0.3, -0.25) is 9.59 Å². The van der Waals surface area contributed by atoms with Crippen LogP contribution in [0.2, 0.25) is 0 Å². The standard InChI is InChI=1S/C27H33N7O4S/c1-17(29-25(36)24-18(2)30-27(39-24)31-19(3)35)20-4-6-21(7-5-20)38-22-9-11-34(16-22)23-8-10-28-26(32-23)33-12-14-37-15-13-33/h4-8,10,17,22H,9,11-16H2,1-3H3,(H,29,36)(H,30,31,35)/t17-,22?/m0/s1. The van der Waals surface area contributed by atoms with Crippen LogP contribution < -0.4 is 25.2 Å². The Morgan fingerprint density at radius 2 is 1.87 bits per heavy atom. The molecule has 1 aromatic carbocycles. The molecule has 206 valence electrons. The van der Waals surface area contributed by atoms with Crippen LogP contribution in [-0.4, -0.2) is 72.3 Å². The normalized spacial score (nSPS) is 18.1. The van der Waals surface area contributed by atoms with Crippen LogP contribution in [-0.2, 0) is 9.53 Å². The van der Waals surface area contributed by atoms with Crippen LogP contribution in [0.4, 0.5) is 16.9 Å². The Balaban J connectivity index is 1.14. The van der Waals surface area contributed by atoms with E-state index in [4.69, 9.17) is 14.5 Å². The molecular formula is C27H33N7O4S. The minimum absolute atomic E-state index is 0.0573. The highest BCUT2D eigenvalue weighted by Gasteiger charge is 2.26. The zero-order chi connectivity index (χ0) is 27.4. The highest BCUT2D eigenvalue weighted by atomic mass is 32.1. The van der Waals surface area contributed by atoms with Crippen LogP contribution in [0, 0.1) is 6.92 Å². The monoisotopic (exact) mass is 551 g/mol. The number of carbonyl (C=O) groups excluding carboxylic acids is 2. The Labute approximate surface area is 231 Å². The van der Waals surface area contributed by atoms with Crippen LogP contribution in [0.3, 0.4) is 0 Å². The van der Waals surface area contributed by atoms with Gasteiger partial charge in [0.15, 0.2) is 5.13 Å². The number of nitrogens with one attached hydrogen (secondary N) is 2. The van der Waals surface area contributed by atoms with Crippen LogP contribution >= 0.6 is 11.3 Å². The molecule has 0 bridgehead atoms. The third kappa shape index (κ3) is 6.63. The fraction of sp³-hybridized carbons (Fsp3) is 0.444. The average molecular weight is 552 g/mol. The van der Waals surface area contributed by atoms with Gasteiger partial charge in [-0.1, -0.05) is 23.5 Å². The molecule has 2 amide bonds. The van der Waals surface area contributed by atoms with Crippen molar-refractivity contribution >= 4 is 40.0 Å². The second-order valence-corrected chi connectivity index (χ2v) is 10.7. The minimum atomic E-state index is -0.220. The van der Waals surface area contributed by atoms with Crippen molar-refractivity contribution in [3.05, 3.63) is 52.7 Å². The molecule has 39 heavy (non-hydrogen) atoms. The number of hydrogen-bond acceptors (Lipinski definition) is 10. The quantitative estimate of drug-likeness (QED) is 0.435. The number of ether oxygens (including phenoxy) is 2. The summed E-state index contributed by atoms with van der Waals surface area (Å²) in [4.78, 5) is 42.5. The van der Waals surface area contributed by atoms with Crippen molar-refractivity contribution in [2.75, 3.05) is 54.5 Å². The molecule has 0 saturated carbocycles. The maximum absolute atomic E-state index is 12.8. The van der Waals surface area contributed by atoms with E-state index in [9.17, 15) is 9.59 Å². The number of benzene rings is 1. The van der Waals surface area contributed by atoms with Gasteiger partial charge in [0.1, 0.15) is 22.5 Å². The zero-order valence-corrected chi connectivity index (χ0v) is 23.2. The van der Waals surface area contributed by atoms with Crippen molar-refractivity contribution in [2.24, 2.45) is 0 Å². The maximum atomic E-state index is 12.8. The highest BCUT2D eigenvalue weighted by molar-refractivity contribution is 7.17. The summed E-state index contributed by atoms with van der Waals surface area (Å²) in [5.41, 5.74) is 1.55. The Bertz CT molecular complexity index is 1310. The van der Waals surface area contributed by atoms with E-state index in [1.54, 1.807) is 6.92 Å². The molecule has 2 N–H and O–H groups in total. The predicted molar refractivity (Wildman–Crippen MR) is 150 cm³/mol. The Morgan fingerprint density at radius 1 is 1.10 bits per heavy atom. The summed E-state index contributed by atoms with van der Waals surface area (Å²) in [5.74, 6) is 2.01. The Hall–Kier alpha value is -3.77. The fourth-order valence-electron chi connectivity index (χ4n) is 4.65. The van der Waals surface area contributed by atoms with Crippen molar-refractivity contribution < 1.29 is 19.1 Å². The molecular weight excluding hydrogens is 518 g/mol. The van der Waals surface area contributed by atoms with E-state index in [0.717, 1.165) is 55.7 Å². The average Bonchev–Trinajstić information content (AvgIpc) is 3.55. The lowest BCUT2D eigenvalue weighted by molar-refractivity contribution is -0.114. The maximum Gasteiger partial charge on any atom is 0.263 e. The van der Waals surface area contributed by atoms with E-state index in [1.165, 1.54) is 18.3 Å². The lowest BCUT2D eigenvalue weighted by Gasteiger charge is -2.27. The van der Waals surface area contributed by atoms with E-state index in [-0.39, 0.29) is 24.0 Å². The Morgan fingerprint density at radius 3 is 2.62 bits per heavy atom. The molecule has 0 aliphatic carbocycles. The lowest BCUT2D eigenvalue weighted by atomic mass is 10.1. The van der Waals surface area contributed by atoms with Gasteiger partial charge in [0.25, 0.3) is 5.91 Å². The van der Waals surface area contributed by atoms with Crippen molar-refractivity contribution in [3.8, 4) is 5.75 Å². The van der Waals surface area contributed by atoms with Gasteiger partial charge in [-0.25, -0.2) is 9.97 Å². The van der Waals surface area contributed by atoms with Gasteiger partial charge in [-0.2, -0.15) is 4.98 Å².